The number of carbonyl (C=O) groups is 1. The third-order valence-electron chi connectivity index (χ3n) is 3.62. The van der Waals surface area contributed by atoms with Gasteiger partial charge in [0.15, 0.2) is 0 Å². The standard InChI is InChI=1S/C19H23O5P/c1-3-23-25(22,24-4-2)14-16-7-11-18(12-8-16)17-9-5-15(6-10-17)13-19(20)21/h5-12H,3-4,13-14H2,1-2H3,(H,20,21). The van der Waals surface area contributed by atoms with Crippen molar-refractivity contribution < 1.29 is 23.5 Å². The molecule has 0 spiro atoms. The molecule has 5 nitrogen and oxygen atoms in total. The van der Waals surface area contributed by atoms with Crippen LogP contribution in [0.2, 0.25) is 0 Å². The minimum atomic E-state index is -3.10. The van der Waals surface area contributed by atoms with Gasteiger partial charge in [0.25, 0.3) is 0 Å². The molecule has 0 atom stereocenters. The Bertz CT molecular complexity index is 727. The van der Waals surface area contributed by atoms with Crippen LogP contribution in [-0.4, -0.2) is 24.3 Å². The zero-order valence-corrected chi connectivity index (χ0v) is 15.4. The minimum Gasteiger partial charge on any atom is -0.481 e. The van der Waals surface area contributed by atoms with Crippen molar-refractivity contribution in [2.75, 3.05) is 13.2 Å². The Morgan fingerprint density at radius 1 is 0.880 bits per heavy atom. The van der Waals surface area contributed by atoms with E-state index < -0.39 is 13.6 Å². The van der Waals surface area contributed by atoms with Crippen molar-refractivity contribution in [1.82, 2.24) is 0 Å². The topological polar surface area (TPSA) is 72.8 Å². The summed E-state index contributed by atoms with van der Waals surface area (Å²) in [6, 6.07) is 15.1. The highest BCUT2D eigenvalue weighted by Gasteiger charge is 2.23. The number of aliphatic carboxylic acids is 1. The van der Waals surface area contributed by atoms with Crippen LogP contribution in [0.5, 0.6) is 0 Å². The van der Waals surface area contributed by atoms with Gasteiger partial charge in [-0.1, -0.05) is 48.5 Å². The molecule has 0 unspecified atom stereocenters. The molecule has 0 fully saturated rings. The van der Waals surface area contributed by atoms with E-state index in [1.807, 2.05) is 48.5 Å². The summed E-state index contributed by atoms with van der Waals surface area (Å²) in [5, 5.41) is 8.81. The van der Waals surface area contributed by atoms with Gasteiger partial charge in [-0.3, -0.25) is 9.36 Å². The fraction of sp³-hybridized carbons (Fsp3) is 0.316. The van der Waals surface area contributed by atoms with Crippen LogP contribution >= 0.6 is 7.60 Å². The predicted octanol–water partition coefficient (Wildman–Crippen LogP) is 4.75. The largest absolute Gasteiger partial charge is 0.481 e. The first kappa shape index (κ1) is 19.4. The fourth-order valence-electron chi connectivity index (χ4n) is 2.54. The van der Waals surface area contributed by atoms with Gasteiger partial charge < -0.3 is 14.2 Å². The van der Waals surface area contributed by atoms with E-state index in [4.69, 9.17) is 14.2 Å². The van der Waals surface area contributed by atoms with Gasteiger partial charge in [-0.05, 0) is 36.1 Å². The number of hydrogen-bond donors (Lipinski definition) is 1. The van der Waals surface area contributed by atoms with E-state index in [-0.39, 0.29) is 12.6 Å². The molecule has 0 aliphatic heterocycles. The van der Waals surface area contributed by atoms with E-state index in [0.717, 1.165) is 22.3 Å². The molecule has 2 rings (SSSR count). The van der Waals surface area contributed by atoms with Crippen LogP contribution in [0.15, 0.2) is 48.5 Å². The first-order valence-electron chi connectivity index (χ1n) is 8.24. The molecule has 134 valence electrons. The van der Waals surface area contributed by atoms with Crippen molar-refractivity contribution in [3.63, 3.8) is 0 Å². The molecule has 0 heterocycles. The first-order valence-corrected chi connectivity index (χ1v) is 9.96. The Labute approximate surface area is 148 Å². The second-order valence-corrected chi connectivity index (χ2v) is 7.62. The van der Waals surface area contributed by atoms with Crippen LogP contribution in [0.3, 0.4) is 0 Å². The van der Waals surface area contributed by atoms with E-state index >= 15 is 0 Å². The van der Waals surface area contributed by atoms with Crippen molar-refractivity contribution in [3.8, 4) is 11.1 Å². The molecule has 0 radical (unpaired) electrons. The van der Waals surface area contributed by atoms with Gasteiger partial charge in [0, 0.05) is 0 Å². The molecule has 25 heavy (non-hydrogen) atoms. The van der Waals surface area contributed by atoms with Crippen molar-refractivity contribution >= 4 is 13.6 Å². The maximum absolute atomic E-state index is 12.6. The highest BCUT2D eigenvalue weighted by molar-refractivity contribution is 7.53. The molecule has 0 amide bonds. The smallest absolute Gasteiger partial charge is 0.335 e. The van der Waals surface area contributed by atoms with Crippen LogP contribution in [-0.2, 0) is 31.0 Å². The molecule has 0 bridgehead atoms. The molecule has 0 aliphatic carbocycles. The summed E-state index contributed by atoms with van der Waals surface area (Å²) in [6.07, 6.45) is 0.260. The van der Waals surface area contributed by atoms with E-state index in [9.17, 15) is 9.36 Å². The lowest BCUT2D eigenvalue weighted by Gasteiger charge is -2.17. The summed E-state index contributed by atoms with van der Waals surface area (Å²) in [5.41, 5.74) is 3.66. The van der Waals surface area contributed by atoms with E-state index in [1.165, 1.54) is 0 Å². The molecule has 6 heteroatoms. The molecule has 1 N–H and O–H groups in total. The average molecular weight is 362 g/mol. The molecule has 2 aromatic rings. The zero-order valence-electron chi connectivity index (χ0n) is 14.5. The van der Waals surface area contributed by atoms with Crippen molar-refractivity contribution in [2.45, 2.75) is 26.4 Å². The van der Waals surface area contributed by atoms with E-state index in [2.05, 4.69) is 0 Å². The average Bonchev–Trinajstić information content (AvgIpc) is 2.56. The number of benzene rings is 2. The fourth-order valence-corrected chi connectivity index (χ4v) is 4.24. The molecule has 0 saturated heterocycles. The SMILES string of the molecule is CCOP(=O)(Cc1ccc(-c2ccc(CC(=O)O)cc2)cc1)OCC. The van der Waals surface area contributed by atoms with Crippen LogP contribution in [0.25, 0.3) is 11.1 Å². The van der Waals surface area contributed by atoms with Crippen LogP contribution in [0.1, 0.15) is 25.0 Å². The molecule has 0 saturated carbocycles. The lowest BCUT2D eigenvalue weighted by Crippen LogP contribution is -1.99. The summed E-state index contributed by atoms with van der Waals surface area (Å²) in [4.78, 5) is 10.7. The van der Waals surface area contributed by atoms with Crippen LogP contribution < -0.4 is 0 Å². The monoisotopic (exact) mass is 362 g/mol. The lowest BCUT2D eigenvalue weighted by molar-refractivity contribution is -0.136. The third-order valence-corrected chi connectivity index (χ3v) is 5.68. The minimum absolute atomic E-state index is 0.0172. The Balaban J connectivity index is 2.11. The predicted molar refractivity (Wildman–Crippen MR) is 97.8 cm³/mol. The second-order valence-electron chi connectivity index (χ2n) is 5.57. The quantitative estimate of drug-likeness (QED) is 0.652. The van der Waals surface area contributed by atoms with Crippen molar-refractivity contribution in [3.05, 3.63) is 59.7 Å². The van der Waals surface area contributed by atoms with Crippen LogP contribution in [0, 0.1) is 0 Å². The van der Waals surface area contributed by atoms with Gasteiger partial charge in [0.05, 0.1) is 25.8 Å². The molecular weight excluding hydrogens is 339 g/mol. The maximum Gasteiger partial charge on any atom is 0.335 e. The summed E-state index contributed by atoms with van der Waals surface area (Å²) in [7, 11) is -3.10. The first-order chi connectivity index (χ1) is 12.0. The van der Waals surface area contributed by atoms with Crippen LogP contribution in [0.4, 0.5) is 0 Å². The molecule has 0 aliphatic rings. The van der Waals surface area contributed by atoms with Gasteiger partial charge in [-0.2, -0.15) is 0 Å². The summed E-state index contributed by atoms with van der Waals surface area (Å²) in [6.45, 7) is 4.28. The van der Waals surface area contributed by atoms with Gasteiger partial charge in [0.2, 0.25) is 0 Å². The number of carboxylic acids is 1. The molecule has 2 aromatic carbocycles. The summed E-state index contributed by atoms with van der Waals surface area (Å²) < 4.78 is 23.2. The number of hydrogen-bond acceptors (Lipinski definition) is 4. The van der Waals surface area contributed by atoms with Gasteiger partial charge >= 0.3 is 13.6 Å². The van der Waals surface area contributed by atoms with Crippen molar-refractivity contribution in [1.29, 1.82) is 0 Å². The zero-order chi connectivity index (χ0) is 18.3. The second kappa shape index (κ2) is 8.95. The molecular formula is C19H23O5P. The normalized spacial score (nSPS) is 11.4. The Hall–Kier alpha value is -1.94. The highest BCUT2D eigenvalue weighted by atomic mass is 31.2. The Kier molecular flexibility index (Phi) is 6.94. The van der Waals surface area contributed by atoms with E-state index in [0.29, 0.717) is 13.2 Å². The Morgan fingerprint density at radius 3 is 1.72 bits per heavy atom. The summed E-state index contributed by atoms with van der Waals surface area (Å²) >= 11 is 0. The molecule has 0 aromatic heterocycles. The Morgan fingerprint density at radius 2 is 1.32 bits per heavy atom. The highest BCUT2D eigenvalue weighted by Crippen LogP contribution is 2.51. The van der Waals surface area contributed by atoms with E-state index in [1.54, 1.807) is 13.8 Å². The third kappa shape index (κ3) is 5.82. The van der Waals surface area contributed by atoms with Gasteiger partial charge in [0.1, 0.15) is 0 Å². The van der Waals surface area contributed by atoms with Gasteiger partial charge in [-0.25, -0.2) is 0 Å². The van der Waals surface area contributed by atoms with Crippen molar-refractivity contribution in [2.24, 2.45) is 0 Å². The number of carboxylic acid groups (broad SMARTS) is 1. The number of rotatable bonds is 9. The maximum atomic E-state index is 12.6. The lowest BCUT2D eigenvalue weighted by atomic mass is 10.0. The summed E-state index contributed by atoms with van der Waals surface area (Å²) in [5.74, 6) is -0.842. The van der Waals surface area contributed by atoms with Gasteiger partial charge in [-0.15, -0.1) is 0 Å².